The maximum absolute atomic E-state index is 5.34. The molecule has 0 heterocycles. The predicted molar refractivity (Wildman–Crippen MR) is 48.6 cm³/mol. The van der Waals surface area contributed by atoms with Crippen molar-refractivity contribution in [2.24, 2.45) is 0 Å². The molecule has 0 saturated carbocycles. The molecule has 12 heavy (non-hydrogen) atoms. The Kier molecular flexibility index (Phi) is 2.97. The Morgan fingerprint density at radius 3 is 2.75 bits per heavy atom. The number of benzene rings is 1. The highest BCUT2D eigenvalue weighted by molar-refractivity contribution is 5.47. The zero-order valence-electron chi connectivity index (χ0n) is 7.46. The van der Waals surface area contributed by atoms with Crippen LogP contribution in [-0.2, 0) is 0 Å². The van der Waals surface area contributed by atoms with E-state index in [1.54, 1.807) is 7.11 Å². The maximum Gasteiger partial charge on any atom is 0.163 e. The summed E-state index contributed by atoms with van der Waals surface area (Å²) in [5.74, 6) is 1.48. The number of hydrogen-bond acceptors (Lipinski definition) is 2. The van der Waals surface area contributed by atoms with Gasteiger partial charge in [0.2, 0.25) is 0 Å². The van der Waals surface area contributed by atoms with Crippen LogP contribution < -0.4 is 9.47 Å². The first-order chi connectivity index (χ1) is 5.79. The standard InChI is InChI=1S/C10H13O2/c1-4-12-9-7-5-6-8(2)10(9)11-3/h5-7H,2,4H2,1,3H3. The van der Waals surface area contributed by atoms with Crippen LogP contribution in [0.15, 0.2) is 18.2 Å². The normalized spacial score (nSPS) is 9.58. The number of para-hydroxylation sites is 1. The van der Waals surface area contributed by atoms with E-state index in [0.29, 0.717) is 6.61 Å². The van der Waals surface area contributed by atoms with E-state index in [2.05, 4.69) is 6.92 Å². The minimum Gasteiger partial charge on any atom is -0.493 e. The van der Waals surface area contributed by atoms with Gasteiger partial charge in [0.15, 0.2) is 11.5 Å². The van der Waals surface area contributed by atoms with Crippen molar-refractivity contribution < 1.29 is 9.47 Å². The fraction of sp³-hybridized carbons (Fsp3) is 0.300. The molecule has 0 aliphatic heterocycles. The van der Waals surface area contributed by atoms with Gasteiger partial charge in [-0.1, -0.05) is 12.1 Å². The van der Waals surface area contributed by atoms with E-state index in [1.807, 2.05) is 25.1 Å². The molecule has 1 radical (unpaired) electrons. The second-order valence-corrected chi connectivity index (χ2v) is 2.38. The van der Waals surface area contributed by atoms with E-state index in [-0.39, 0.29) is 0 Å². The fourth-order valence-corrected chi connectivity index (χ4v) is 1.06. The van der Waals surface area contributed by atoms with E-state index in [0.717, 1.165) is 17.1 Å². The van der Waals surface area contributed by atoms with Crippen molar-refractivity contribution in [1.29, 1.82) is 0 Å². The van der Waals surface area contributed by atoms with Crippen LogP contribution >= 0.6 is 0 Å². The fourth-order valence-electron chi connectivity index (χ4n) is 1.06. The molecule has 0 aliphatic carbocycles. The van der Waals surface area contributed by atoms with Gasteiger partial charge in [0.25, 0.3) is 0 Å². The molecule has 0 unspecified atom stereocenters. The Balaban J connectivity index is 3.00. The van der Waals surface area contributed by atoms with Crippen molar-refractivity contribution in [2.75, 3.05) is 13.7 Å². The van der Waals surface area contributed by atoms with Gasteiger partial charge < -0.3 is 9.47 Å². The average Bonchev–Trinajstić information content (AvgIpc) is 2.05. The van der Waals surface area contributed by atoms with Crippen LogP contribution in [0.3, 0.4) is 0 Å². The summed E-state index contributed by atoms with van der Waals surface area (Å²) < 4.78 is 10.5. The molecule has 1 aromatic rings. The Bertz CT molecular complexity index is 256. The van der Waals surface area contributed by atoms with Crippen LogP contribution in [0.5, 0.6) is 11.5 Å². The van der Waals surface area contributed by atoms with Gasteiger partial charge in [-0.05, 0) is 25.5 Å². The molecular weight excluding hydrogens is 152 g/mol. The summed E-state index contributed by atoms with van der Waals surface area (Å²) in [6, 6.07) is 5.66. The second-order valence-electron chi connectivity index (χ2n) is 2.38. The lowest BCUT2D eigenvalue weighted by Gasteiger charge is -2.10. The van der Waals surface area contributed by atoms with Crippen LogP contribution in [-0.4, -0.2) is 13.7 Å². The molecule has 2 nitrogen and oxygen atoms in total. The largest absolute Gasteiger partial charge is 0.493 e. The smallest absolute Gasteiger partial charge is 0.163 e. The molecule has 0 aliphatic rings. The van der Waals surface area contributed by atoms with Gasteiger partial charge in [-0.25, -0.2) is 0 Å². The van der Waals surface area contributed by atoms with Crippen molar-refractivity contribution in [1.82, 2.24) is 0 Å². The topological polar surface area (TPSA) is 18.5 Å². The summed E-state index contributed by atoms with van der Waals surface area (Å²) in [5, 5.41) is 0. The molecule has 0 amide bonds. The van der Waals surface area contributed by atoms with Crippen LogP contribution in [0.4, 0.5) is 0 Å². The van der Waals surface area contributed by atoms with E-state index in [4.69, 9.17) is 9.47 Å². The third kappa shape index (κ3) is 1.70. The van der Waals surface area contributed by atoms with Crippen LogP contribution in [0.1, 0.15) is 12.5 Å². The van der Waals surface area contributed by atoms with Gasteiger partial charge in [0.1, 0.15) is 0 Å². The molecule has 0 aromatic heterocycles. The second kappa shape index (κ2) is 4.00. The number of methoxy groups -OCH3 is 1. The van der Waals surface area contributed by atoms with Gasteiger partial charge in [-0.2, -0.15) is 0 Å². The van der Waals surface area contributed by atoms with Crippen LogP contribution in [0, 0.1) is 6.92 Å². The van der Waals surface area contributed by atoms with Gasteiger partial charge >= 0.3 is 0 Å². The highest BCUT2D eigenvalue weighted by Gasteiger charge is 2.04. The lowest BCUT2D eigenvalue weighted by Crippen LogP contribution is -1.96. The molecule has 0 N–H and O–H groups in total. The third-order valence-corrected chi connectivity index (χ3v) is 1.56. The zero-order valence-corrected chi connectivity index (χ0v) is 7.46. The monoisotopic (exact) mass is 165 g/mol. The Hall–Kier alpha value is -1.18. The summed E-state index contributed by atoms with van der Waals surface area (Å²) in [5.41, 5.74) is 0.850. The van der Waals surface area contributed by atoms with Crippen molar-refractivity contribution in [2.45, 2.75) is 6.92 Å². The first-order valence-electron chi connectivity index (χ1n) is 3.91. The van der Waals surface area contributed by atoms with Gasteiger partial charge in [-0.3, -0.25) is 0 Å². The third-order valence-electron chi connectivity index (χ3n) is 1.56. The lowest BCUT2D eigenvalue weighted by atomic mass is 10.2. The van der Waals surface area contributed by atoms with Crippen LogP contribution in [0.2, 0.25) is 0 Å². The quantitative estimate of drug-likeness (QED) is 0.684. The van der Waals surface area contributed by atoms with Crippen molar-refractivity contribution >= 4 is 0 Å². The first-order valence-corrected chi connectivity index (χ1v) is 3.91. The number of ether oxygens (including phenoxy) is 2. The van der Waals surface area contributed by atoms with Crippen LogP contribution in [0.25, 0.3) is 0 Å². The molecule has 65 valence electrons. The van der Waals surface area contributed by atoms with Crippen molar-refractivity contribution in [3.8, 4) is 11.5 Å². The Morgan fingerprint density at radius 2 is 2.17 bits per heavy atom. The highest BCUT2D eigenvalue weighted by atomic mass is 16.5. The average molecular weight is 165 g/mol. The van der Waals surface area contributed by atoms with E-state index in [9.17, 15) is 0 Å². The molecule has 0 fully saturated rings. The summed E-state index contributed by atoms with van der Waals surface area (Å²) in [6.45, 7) is 6.41. The molecule has 0 atom stereocenters. The molecule has 1 rings (SSSR count). The zero-order chi connectivity index (χ0) is 8.97. The van der Waals surface area contributed by atoms with Crippen molar-refractivity contribution in [3.05, 3.63) is 30.7 Å². The lowest BCUT2D eigenvalue weighted by molar-refractivity contribution is 0.310. The van der Waals surface area contributed by atoms with E-state index >= 15 is 0 Å². The summed E-state index contributed by atoms with van der Waals surface area (Å²) in [4.78, 5) is 0. The van der Waals surface area contributed by atoms with Gasteiger partial charge in [-0.15, -0.1) is 0 Å². The number of hydrogen-bond donors (Lipinski definition) is 0. The van der Waals surface area contributed by atoms with Gasteiger partial charge in [0.05, 0.1) is 13.7 Å². The first kappa shape index (κ1) is 8.91. The Labute approximate surface area is 73.1 Å². The SMILES string of the molecule is [CH2]c1cccc(OCC)c1OC. The maximum atomic E-state index is 5.34. The minimum absolute atomic E-state index is 0.639. The van der Waals surface area contributed by atoms with Crippen molar-refractivity contribution in [3.63, 3.8) is 0 Å². The minimum atomic E-state index is 0.639. The van der Waals surface area contributed by atoms with Gasteiger partial charge in [0, 0.05) is 0 Å². The summed E-state index contributed by atoms with van der Waals surface area (Å²) in [6.07, 6.45) is 0. The summed E-state index contributed by atoms with van der Waals surface area (Å²) in [7, 11) is 1.62. The highest BCUT2D eigenvalue weighted by Crippen LogP contribution is 2.29. The molecule has 0 saturated heterocycles. The molecule has 0 spiro atoms. The predicted octanol–water partition coefficient (Wildman–Crippen LogP) is 2.28. The molecule has 2 heteroatoms. The Morgan fingerprint density at radius 1 is 1.42 bits per heavy atom. The molecule has 0 bridgehead atoms. The number of rotatable bonds is 3. The van der Waals surface area contributed by atoms with E-state index < -0.39 is 0 Å². The summed E-state index contributed by atoms with van der Waals surface area (Å²) >= 11 is 0. The molecular formula is C10H13O2. The molecule has 1 aromatic carbocycles. The van der Waals surface area contributed by atoms with E-state index in [1.165, 1.54) is 0 Å².